The fourth-order valence-corrected chi connectivity index (χ4v) is 3.85. The van der Waals surface area contributed by atoms with Crippen LogP contribution in [0.3, 0.4) is 0 Å². The van der Waals surface area contributed by atoms with Crippen LogP contribution in [-0.4, -0.2) is 35.5 Å². The van der Waals surface area contributed by atoms with Crippen LogP contribution in [0.5, 0.6) is 0 Å². The van der Waals surface area contributed by atoms with Crippen molar-refractivity contribution in [3.05, 3.63) is 34.5 Å². The quantitative estimate of drug-likeness (QED) is 0.873. The molecule has 2 heterocycles. The minimum absolute atomic E-state index is 0.0774. The van der Waals surface area contributed by atoms with E-state index in [1.807, 2.05) is 19.1 Å². The number of hydrogen-bond donors (Lipinski definition) is 1. The third-order valence-corrected chi connectivity index (χ3v) is 5.37. The van der Waals surface area contributed by atoms with E-state index in [-0.39, 0.29) is 11.9 Å². The van der Waals surface area contributed by atoms with Gasteiger partial charge in [0.2, 0.25) is 5.91 Å². The van der Waals surface area contributed by atoms with Gasteiger partial charge in [-0.2, -0.15) is 0 Å². The molecule has 0 saturated heterocycles. The zero-order valence-electron chi connectivity index (χ0n) is 15.6. The molecule has 1 aromatic heterocycles. The Morgan fingerprint density at radius 3 is 2.80 bits per heavy atom. The summed E-state index contributed by atoms with van der Waals surface area (Å²) in [4.78, 5) is 15.0. The average molecular weight is 362 g/mol. The molecule has 1 aliphatic rings. The predicted molar refractivity (Wildman–Crippen MR) is 104 cm³/mol. The Labute approximate surface area is 155 Å². The highest BCUT2D eigenvalue weighted by molar-refractivity contribution is 6.31. The second-order valence-electron chi connectivity index (χ2n) is 7.59. The molecule has 1 amide bonds. The number of carbonyl (C=O) groups is 1. The van der Waals surface area contributed by atoms with Crippen LogP contribution in [0.25, 0.3) is 10.9 Å². The van der Waals surface area contributed by atoms with Crippen molar-refractivity contribution in [2.45, 2.75) is 46.2 Å². The molecule has 5 heteroatoms. The van der Waals surface area contributed by atoms with Crippen LogP contribution in [0.2, 0.25) is 5.02 Å². The van der Waals surface area contributed by atoms with Crippen molar-refractivity contribution in [3.8, 4) is 0 Å². The topological polar surface area (TPSA) is 37.3 Å². The highest BCUT2D eigenvalue weighted by Crippen LogP contribution is 2.34. The van der Waals surface area contributed by atoms with Gasteiger partial charge in [-0.1, -0.05) is 31.5 Å². The number of nitrogens with zero attached hydrogens (tertiary/aromatic N) is 2. The average Bonchev–Trinajstić information content (AvgIpc) is 2.85. The van der Waals surface area contributed by atoms with Gasteiger partial charge in [-0.15, -0.1) is 0 Å². The van der Waals surface area contributed by atoms with E-state index in [1.54, 1.807) is 0 Å². The normalized spacial score (nSPS) is 16.2. The van der Waals surface area contributed by atoms with E-state index in [4.69, 9.17) is 11.6 Å². The monoisotopic (exact) mass is 361 g/mol. The highest BCUT2D eigenvalue weighted by atomic mass is 35.5. The molecule has 136 valence electrons. The Morgan fingerprint density at radius 2 is 2.08 bits per heavy atom. The Morgan fingerprint density at radius 1 is 1.32 bits per heavy atom. The first kappa shape index (κ1) is 18.3. The molecular weight excluding hydrogens is 334 g/mol. The van der Waals surface area contributed by atoms with Crippen LogP contribution in [-0.2, 0) is 17.8 Å². The van der Waals surface area contributed by atoms with Gasteiger partial charge in [0.05, 0.1) is 5.52 Å². The van der Waals surface area contributed by atoms with E-state index in [9.17, 15) is 4.79 Å². The maximum Gasteiger partial charge on any atom is 0.242 e. The van der Waals surface area contributed by atoms with Crippen LogP contribution < -0.4 is 5.32 Å². The van der Waals surface area contributed by atoms with Crippen LogP contribution in [0.4, 0.5) is 0 Å². The Balaban J connectivity index is 1.98. The third kappa shape index (κ3) is 3.70. The second-order valence-corrected chi connectivity index (χ2v) is 8.03. The molecule has 3 rings (SSSR count). The minimum Gasteiger partial charge on any atom is -0.354 e. The summed E-state index contributed by atoms with van der Waals surface area (Å²) in [7, 11) is 2.13. The van der Waals surface area contributed by atoms with E-state index < -0.39 is 0 Å². The van der Waals surface area contributed by atoms with Gasteiger partial charge in [-0.05, 0) is 50.4 Å². The number of hydrogen-bond acceptors (Lipinski definition) is 2. The summed E-state index contributed by atoms with van der Waals surface area (Å²) in [5.41, 5.74) is 3.68. The second kappa shape index (κ2) is 7.38. The first-order chi connectivity index (χ1) is 11.9. The van der Waals surface area contributed by atoms with Gasteiger partial charge >= 0.3 is 0 Å². The molecule has 1 atom stereocenters. The fourth-order valence-electron chi connectivity index (χ4n) is 3.68. The summed E-state index contributed by atoms with van der Waals surface area (Å²) in [5, 5.41) is 5.04. The van der Waals surface area contributed by atoms with Crippen molar-refractivity contribution >= 4 is 28.4 Å². The lowest BCUT2D eigenvalue weighted by atomic mass is 10.0. The molecule has 0 saturated carbocycles. The van der Waals surface area contributed by atoms with Crippen molar-refractivity contribution < 1.29 is 4.79 Å². The molecule has 0 aliphatic carbocycles. The van der Waals surface area contributed by atoms with Crippen molar-refractivity contribution in [1.82, 2.24) is 14.8 Å². The van der Waals surface area contributed by atoms with Gasteiger partial charge < -0.3 is 14.8 Å². The largest absolute Gasteiger partial charge is 0.354 e. The highest BCUT2D eigenvalue weighted by Gasteiger charge is 2.27. The van der Waals surface area contributed by atoms with Crippen LogP contribution in [0, 0.1) is 5.92 Å². The van der Waals surface area contributed by atoms with Gasteiger partial charge in [0, 0.05) is 35.7 Å². The van der Waals surface area contributed by atoms with Crippen LogP contribution >= 0.6 is 11.6 Å². The van der Waals surface area contributed by atoms with Gasteiger partial charge in [0.1, 0.15) is 6.04 Å². The minimum atomic E-state index is -0.247. The number of carbonyl (C=O) groups excluding carboxylic acids is 1. The summed E-state index contributed by atoms with van der Waals surface area (Å²) in [6, 6.07) is 5.79. The molecule has 1 aromatic carbocycles. The molecule has 0 fully saturated rings. The summed E-state index contributed by atoms with van der Waals surface area (Å²) >= 11 is 6.26. The Kier molecular flexibility index (Phi) is 5.40. The molecule has 0 bridgehead atoms. The van der Waals surface area contributed by atoms with E-state index in [1.165, 1.54) is 16.6 Å². The predicted octanol–water partition coefficient (Wildman–Crippen LogP) is 4.01. The summed E-state index contributed by atoms with van der Waals surface area (Å²) in [5.74, 6) is 0.664. The third-order valence-electron chi connectivity index (χ3n) is 5.13. The zero-order chi connectivity index (χ0) is 18.1. The van der Waals surface area contributed by atoms with Crippen molar-refractivity contribution in [1.29, 1.82) is 0 Å². The molecular formula is C20H28ClN3O. The van der Waals surface area contributed by atoms with Gasteiger partial charge in [0.15, 0.2) is 0 Å². The van der Waals surface area contributed by atoms with Crippen molar-refractivity contribution in [2.75, 3.05) is 20.1 Å². The summed E-state index contributed by atoms with van der Waals surface area (Å²) < 4.78 is 2.19. The maximum absolute atomic E-state index is 12.7. The SMILES string of the molecule is CC(C)CCNC(=O)C(C)n1c2c(c3ccc(Cl)cc31)CCN(C)C2. The number of aromatic nitrogens is 1. The number of amides is 1. The van der Waals surface area contributed by atoms with Crippen LogP contribution in [0.1, 0.15) is 44.5 Å². The van der Waals surface area contributed by atoms with Gasteiger partial charge in [-0.25, -0.2) is 0 Å². The molecule has 1 N–H and O–H groups in total. The molecule has 4 nitrogen and oxygen atoms in total. The summed E-state index contributed by atoms with van der Waals surface area (Å²) in [6.45, 7) is 8.96. The molecule has 0 spiro atoms. The van der Waals surface area contributed by atoms with E-state index >= 15 is 0 Å². The lowest BCUT2D eigenvalue weighted by Crippen LogP contribution is -2.34. The Bertz CT molecular complexity index is 781. The fraction of sp³-hybridized carbons (Fsp3) is 0.550. The molecule has 25 heavy (non-hydrogen) atoms. The number of nitrogens with one attached hydrogen (secondary N) is 1. The van der Waals surface area contributed by atoms with E-state index in [2.05, 4.69) is 41.7 Å². The van der Waals surface area contributed by atoms with E-state index in [0.29, 0.717) is 10.9 Å². The molecule has 2 aromatic rings. The van der Waals surface area contributed by atoms with Crippen LogP contribution in [0.15, 0.2) is 18.2 Å². The lowest BCUT2D eigenvalue weighted by Gasteiger charge is -2.26. The van der Waals surface area contributed by atoms with Crippen molar-refractivity contribution in [3.63, 3.8) is 0 Å². The molecule has 0 radical (unpaired) electrons. The number of fused-ring (bicyclic) bond motifs is 3. The van der Waals surface area contributed by atoms with Gasteiger partial charge in [0.25, 0.3) is 0 Å². The smallest absolute Gasteiger partial charge is 0.242 e. The molecule has 1 aliphatic heterocycles. The molecule has 1 unspecified atom stereocenters. The zero-order valence-corrected chi connectivity index (χ0v) is 16.4. The number of likely N-dealkylation sites (N-methyl/N-ethyl adjacent to an activating group) is 1. The first-order valence-corrected chi connectivity index (χ1v) is 9.53. The van der Waals surface area contributed by atoms with Gasteiger partial charge in [-0.3, -0.25) is 4.79 Å². The number of halogens is 1. The number of rotatable bonds is 5. The maximum atomic E-state index is 12.7. The standard InChI is InChI=1S/C20H28ClN3O/c1-13(2)7-9-22-20(25)14(3)24-18-11-15(21)5-6-16(18)17-8-10-23(4)12-19(17)24/h5-6,11,13-14H,7-10,12H2,1-4H3,(H,22,25). The van der Waals surface area contributed by atoms with Crippen molar-refractivity contribution in [2.24, 2.45) is 5.92 Å². The first-order valence-electron chi connectivity index (χ1n) is 9.16. The number of benzene rings is 1. The van der Waals surface area contributed by atoms with E-state index in [0.717, 1.165) is 38.0 Å². The summed E-state index contributed by atoms with van der Waals surface area (Å²) in [6.07, 6.45) is 2.01. The Hall–Kier alpha value is -1.52. The lowest BCUT2D eigenvalue weighted by molar-refractivity contribution is -0.123.